The summed E-state index contributed by atoms with van der Waals surface area (Å²) >= 11 is 1.48. The van der Waals surface area contributed by atoms with E-state index in [1.54, 1.807) is 12.1 Å². The van der Waals surface area contributed by atoms with E-state index in [4.69, 9.17) is 13.7 Å². The topological polar surface area (TPSA) is 15.8 Å². The van der Waals surface area contributed by atoms with Crippen LogP contribution < -0.4 is 0 Å². The smallest absolute Gasteiger partial charge is 0.0646 e. The summed E-state index contributed by atoms with van der Waals surface area (Å²) < 4.78 is 85.2. The quantitative estimate of drug-likeness (QED) is 0.279. The molecule has 2 heterocycles. The number of hydrogen-bond acceptors (Lipinski definition) is 1. The number of hydrogen-bond donors (Lipinski definition) is 1. The third-order valence-corrected chi connectivity index (χ3v) is 6.97. The van der Waals surface area contributed by atoms with E-state index < -0.39 is 36.3 Å². The molecule has 1 N–H and O–H groups in total. The summed E-state index contributed by atoms with van der Waals surface area (Å²) in [5, 5.41) is 3.11. The molecular formula is C30H19NS. The Hall–Kier alpha value is -3.88. The molecule has 7 rings (SSSR count). The van der Waals surface area contributed by atoms with Crippen molar-refractivity contribution in [1.82, 2.24) is 4.98 Å². The average Bonchev–Trinajstić information content (AvgIpc) is 3.56. The fraction of sp³-hybridized carbons (Fsp3) is 0. The Morgan fingerprint density at radius 3 is 2.22 bits per heavy atom. The first-order valence-corrected chi connectivity index (χ1v) is 10.9. The molecule has 0 aliphatic carbocycles. The summed E-state index contributed by atoms with van der Waals surface area (Å²) in [6.07, 6.45) is 0. The highest BCUT2D eigenvalue weighted by Gasteiger charge is 2.18. The van der Waals surface area contributed by atoms with Crippen molar-refractivity contribution in [2.75, 3.05) is 0 Å². The SMILES string of the molecule is [2H]c1c([2H])c([2H])c(-c2ccc3sc4c5[nH]c6ccccc6c5cc(-c5c([2H])c([2H])c([2H])c([2H])c5[2H])c4c3c2)c([2H])c1[2H]. The third-order valence-electron chi connectivity index (χ3n) is 5.78. The van der Waals surface area contributed by atoms with Crippen LogP contribution in [0.3, 0.4) is 0 Å². The molecular weight excluding hydrogens is 406 g/mol. The van der Waals surface area contributed by atoms with Crippen molar-refractivity contribution in [3.05, 3.63) is 109 Å². The van der Waals surface area contributed by atoms with Gasteiger partial charge < -0.3 is 4.98 Å². The summed E-state index contributed by atoms with van der Waals surface area (Å²) in [4.78, 5) is 3.49. The zero-order valence-corrected chi connectivity index (χ0v) is 17.3. The van der Waals surface area contributed by atoms with Crippen LogP contribution in [0, 0.1) is 0 Å². The van der Waals surface area contributed by atoms with Crippen LogP contribution >= 0.6 is 11.3 Å². The van der Waals surface area contributed by atoms with Gasteiger partial charge in [-0.15, -0.1) is 11.3 Å². The van der Waals surface area contributed by atoms with Crippen molar-refractivity contribution in [1.29, 1.82) is 0 Å². The van der Waals surface area contributed by atoms with E-state index in [2.05, 4.69) is 4.98 Å². The fourth-order valence-corrected chi connectivity index (χ4v) is 5.59. The van der Waals surface area contributed by atoms with E-state index in [1.807, 2.05) is 36.4 Å². The van der Waals surface area contributed by atoms with Crippen molar-refractivity contribution < 1.29 is 13.7 Å². The van der Waals surface area contributed by atoms with Crippen molar-refractivity contribution in [2.24, 2.45) is 0 Å². The van der Waals surface area contributed by atoms with Gasteiger partial charge in [0.2, 0.25) is 0 Å². The first kappa shape index (κ1) is 10.6. The molecule has 0 unspecified atom stereocenters. The minimum absolute atomic E-state index is 0.0679. The zero-order valence-electron chi connectivity index (χ0n) is 26.5. The van der Waals surface area contributed by atoms with Gasteiger partial charge in [0.15, 0.2) is 0 Å². The Kier molecular flexibility index (Phi) is 2.26. The van der Waals surface area contributed by atoms with Crippen LogP contribution in [0.1, 0.15) is 13.7 Å². The Morgan fingerprint density at radius 2 is 1.41 bits per heavy atom. The number of thiophene rings is 1. The molecule has 1 nitrogen and oxygen atoms in total. The predicted octanol–water partition coefficient (Wildman–Crippen LogP) is 9.02. The highest BCUT2D eigenvalue weighted by Crippen LogP contribution is 2.46. The molecule has 150 valence electrons. The predicted molar refractivity (Wildman–Crippen MR) is 140 cm³/mol. The van der Waals surface area contributed by atoms with Crippen molar-refractivity contribution >= 4 is 53.3 Å². The van der Waals surface area contributed by atoms with Gasteiger partial charge in [0.05, 0.1) is 23.9 Å². The first-order valence-electron chi connectivity index (χ1n) is 15.1. The van der Waals surface area contributed by atoms with Crippen LogP contribution in [0.4, 0.5) is 0 Å². The second-order valence-electron chi connectivity index (χ2n) is 7.53. The maximum absolute atomic E-state index is 8.76. The number of aromatic nitrogens is 1. The van der Waals surface area contributed by atoms with Crippen molar-refractivity contribution in [3.63, 3.8) is 0 Å². The van der Waals surface area contributed by atoms with Gasteiger partial charge in [0, 0.05) is 31.8 Å². The van der Waals surface area contributed by atoms with E-state index in [1.165, 1.54) is 11.3 Å². The molecule has 0 spiro atoms. The minimum atomic E-state index is -0.475. The number of nitrogens with one attached hydrogen (secondary N) is 1. The van der Waals surface area contributed by atoms with Crippen molar-refractivity contribution in [2.45, 2.75) is 0 Å². The first-order chi connectivity index (χ1) is 20.0. The lowest BCUT2D eigenvalue weighted by atomic mass is 9.95. The highest BCUT2D eigenvalue weighted by molar-refractivity contribution is 7.26. The number of benzene rings is 5. The largest absolute Gasteiger partial charge is 0.353 e. The van der Waals surface area contributed by atoms with Crippen molar-refractivity contribution in [3.8, 4) is 22.3 Å². The molecule has 32 heavy (non-hydrogen) atoms. The summed E-state index contributed by atoms with van der Waals surface area (Å²) in [5.41, 5.74) is 2.76. The molecule has 7 aromatic rings. The number of fused-ring (bicyclic) bond motifs is 7. The molecule has 0 saturated carbocycles. The summed E-state index contributed by atoms with van der Waals surface area (Å²) in [5.74, 6) is 0. The summed E-state index contributed by atoms with van der Waals surface area (Å²) in [6, 6.07) is 11.0. The van der Waals surface area contributed by atoms with E-state index in [0.717, 1.165) is 31.2 Å². The van der Waals surface area contributed by atoms with Crippen LogP contribution in [-0.2, 0) is 0 Å². The summed E-state index contributed by atoms with van der Waals surface area (Å²) in [7, 11) is 0. The van der Waals surface area contributed by atoms with Gasteiger partial charge in [-0.25, -0.2) is 0 Å². The monoisotopic (exact) mass is 435 g/mol. The Morgan fingerprint density at radius 1 is 0.656 bits per heavy atom. The van der Waals surface area contributed by atoms with E-state index in [-0.39, 0.29) is 35.3 Å². The van der Waals surface area contributed by atoms with Gasteiger partial charge in [-0.3, -0.25) is 0 Å². The standard InChI is InChI=1S/C30H19NS/c1-3-9-19(10-4-1)21-15-16-27-25(17-21)28-23(20-11-5-2-6-12-20)18-24-22-13-7-8-14-26(22)31-29(24)30(28)32-27/h1-18,31H/i1D,2D,3D,4D,5D,6D,9D,10D,11D,12D. The fourth-order valence-electron chi connectivity index (χ4n) is 4.38. The van der Waals surface area contributed by atoms with Crippen LogP contribution in [0.25, 0.3) is 64.2 Å². The van der Waals surface area contributed by atoms with Crippen LogP contribution in [0.2, 0.25) is 0 Å². The van der Waals surface area contributed by atoms with Gasteiger partial charge in [-0.2, -0.15) is 0 Å². The molecule has 5 aromatic carbocycles. The van der Waals surface area contributed by atoms with Gasteiger partial charge >= 0.3 is 0 Å². The molecule has 0 amide bonds. The second-order valence-corrected chi connectivity index (χ2v) is 8.59. The molecule has 0 saturated heterocycles. The van der Waals surface area contributed by atoms with E-state index in [0.29, 0.717) is 21.9 Å². The lowest BCUT2D eigenvalue weighted by molar-refractivity contribution is 1.57. The number of para-hydroxylation sites is 1. The van der Waals surface area contributed by atoms with Gasteiger partial charge in [-0.05, 0) is 46.5 Å². The number of rotatable bonds is 2. The maximum atomic E-state index is 8.76. The molecule has 0 aliphatic rings. The third kappa shape index (κ3) is 2.57. The normalized spacial score (nSPS) is 16.1. The van der Waals surface area contributed by atoms with E-state index >= 15 is 0 Å². The van der Waals surface area contributed by atoms with Crippen LogP contribution in [0.15, 0.2) is 109 Å². The average molecular weight is 436 g/mol. The highest BCUT2D eigenvalue weighted by atomic mass is 32.1. The maximum Gasteiger partial charge on any atom is 0.0646 e. The Balaban J connectivity index is 1.68. The van der Waals surface area contributed by atoms with E-state index in [9.17, 15) is 0 Å². The molecule has 2 aromatic heterocycles. The zero-order chi connectivity index (χ0) is 29.8. The van der Waals surface area contributed by atoms with Gasteiger partial charge in [-0.1, -0.05) is 84.7 Å². The molecule has 0 fully saturated rings. The van der Waals surface area contributed by atoms with Crippen LogP contribution in [0.5, 0.6) is 0 Å². The summed E-state index contributed by atoms with van der Waals surface area (Å²) in [6.45, 7) is 0. The molecule has 0 atom stereocenters. The number of H-pyrrole nitrogens is 1. The van der Waals surface area contributed by atoms with Gasteiger partial charge in [0.25, 0.3) is 0 Å². The van der Waals surface area contributed by atoms with Crippen LogP contribution in [-0.4, -0.2) is 4.98 Å². The molecule has 0 radical (unpaired) electrons. The lowest BCUT2D eigenvalue weighted by Gasteiger charge is -2.07. The Bertz CT molecular complexity index is 2260. The molecule has 0 aliphatic heterocycles. The molecule has 0 bridgehead atoms. The second kappa shape index (κ2) is 6.81. The number of aromatic amines is 1. The Labute approximate surface area is 203 Å². The lowest BCUT2D eigenvalue weighted by Crippen LogP contribution is -1.82. The van der Waals surface area contributed by atoms with Gasteiger partial charge in [0.1, 0.15) is 0 Å². The minimum Gasteiger partial charge on any atom is -0.353 e. The molecule has 2 heteroatoms.